The van der Waals surface area contributed by atoms with E-state index in [9.17, 15) is 0 Å². The van der Waals surface area contributed by atoms with Crippen molar-refractivity contribution in [2.45, 2.75) is 70.4 Å². The van der Waals surface area contributed by atoms with Crippen molar-refractivity contribution in [2.24, 2.45) is 0 Å². The van der Waals surface area contributed by atoms with Gasteiger partial charge in [-0.15, -0.1) is 0 Å². The SMILES string of the molecule is c1ccc(CN2CC[C@H](Nc3nc4c(c(N5CCCCCC5)n3)CCCC4)C2)cc1. The Labute approximate surface area is 180 Å². The second kappa shape index (κ2) is 9.34. The average Bonchev–Trinajstić information content (AvgIpc) is 3.04. The minimum atomic E-state index is 0.437. The highest BCUT2D eigenvalue weighted by atomic mass is 15.3. The topological polar surface area (TPSA) is 44.3 Å². The number of aryl methyl sites for hydroxylation is 1. The number of anilines is 2. The van der Waals surface area contributed by atoms with Gasteiger partial charge in [0.25, 0.3) is 0 Å². The van der Waals surface area contributed by atoms with Crippen LogP contribution in [0.4, 0.5) is 11.8 Å². The number of hydrogen-bond donors (Lipinski definition) is 1. The van der Waals surface area contributed by atoms with E-state index in [1.165, 1.54) is 61.2 Å². The molecule has 2 saturated heterocycles. The van der Waals surface area contributed by atoms with Gasteiger partial charge in [-0.3, -0.25) is 4.90 Å². The monoisotopic (exact) mass is 405 g/mol. The Morgan fingerprint density at radius 3 is 2.50 bits per heavy atom. The van der Waals surface area contributed by atoms with Crippen LogP contribution in [0, 0.1) is 0 Å². The Balaban J connectivity index is 1.30. The van der Waals surface area contributed by atoms with Gasteiger partial charge in [0.2, 0.25) is 5.95 Å². The van der Waals surface area contributed by atoms with Gasteiger partial charge in [-0.25, -0.2) is 4.98 Å². The van der Waals surface area contributed by atoms with E-state index < -0.39 is 0 Å². The van der Waals surface area contributed by atoms with Gasteiger partial charge in [0.05, 0.1) is 5.69 Å². The largest absolute Gasteiger partial charge is 0.356 e. The summed E-state index contributed by atoms with van der Waals surface area (Å²) < 4.78 is 0. The highest BCUT2D eigenvalue weighted by Gasteiger charge is 2.26. The van der Waals surface area contributed by atoms with Crippen LogP contribution in [0.3, 0.4) is 0 Å². The minimum Gasteiger partial charge on any atom is -0.356 e. The molecular formula is C25H35N5. The van der Waals surface area contributed by atoms with Gasteiger partial charge >= 0.3 is 0 Å². The number of nitrogens with one attached hydrogen (secondary N) is 1. The number of likely N-dealkylation sites (tertiary alicyclic amines) is 1. The molecule has 0 spiro atoms. The molecule has 5 heteroatoms. The lowest BCUT2D eigenvalue weighted by atomic mass is 9.96. The molecule has 1 aromatic heterocycles. The molecule has 0 amide bonds. The average molecular weight is 406 g/mol. The zero-order valence-corrected chi connectivity index (χ0v) is 18.2. The van der Waals surface area contributed by atoms with Gasteiger partial charge in [-0.05, 0) is 50.5 Å². The molecule has 0 radical (unpaired) electrons. The van der Waals surface area contributed by atoms with Crippen LogP contribution in [0.5, 0.6) is 0 Å². The molecule has 1 N–H and O–H groups in total. The highest BCUT2D eigenvalue weighted by molar-refractivity contribution is 5.54. The lowest BCUT2D eigenvalue weighted by Crippen LogP contribution is -2.30. The summed E-state index contributed by atoms with van der Waals surface area (Å²) >= 11 is 0. The summed E-state index contributed by atoms with van der Waals surface area (Å²) in [6, 6.07) is 11.2. The third kappa shape index (κ3) is 4.61. The van der Waals surface area contributed by atoms with E-state index in [0.717, 1.165) is 57.9 Å². The number of aromatic nitrogens is 2. The smallest absolute Gasteiger partial charge is 0.225 e. The first-order valence-electron chi connectivity index (χ1n) is 12.0. The maximum absolute atomic E-state index is 5.11. The molecule has 30 heavy (non-hydrogen) atoms. The van der Waals surface area contributed by atoms with Crippen LogP contribution in [0.25, 0.3) is 0 Å². The molecule has 1 aliphatic carbocycles. The third-order valence-electron chi connectivity index (χ3n) is 6.92. The van der Waals surface area contributed by atoms with Crippen molar-refractivity contribution >= 4 is 11.8 Å². The maximum atomic E-state index is 5.11. The Kier molecular flexibility index (Phi) is 6.16. The van der Waals surface area contributed by atoms with Crippen LogP contribution in [0.2, 0.25) is 0 Å². The van der Waals surface area contributed by atoms with E-state index in [-0.39, 0.29) is 0 Å². The van der Waals surface area contributed by atoms with Gasteiger partial charge in [-0.1, -0.05) is 43.2 Å². The maximum Gasteiger partial charge on any atom is 0.225 e. The molecule has 2 aliphatic heterocycles. The van der Waals surface area contributed by atoms with Crippen LogP contribution in [-0.2, 0) is 19.4 Å². The van der Waals surface area contributed by atoms with Crippen molar-refractivity contribution in [1.29, 1.82) is 0 Å². The van der Waals surface area contributed by atoms with E-state index in [4.69, 9.17) is 9.97 Å². The fraction of sp³-hybridized carbons (Fsp3) is 0.600. The van der Waals surface area contributed by atoms with Crippen molar-refractivity contribution in [1.82, 2.24) is 14.9 Å². The Bertz CT molecular complexity index is 829. The molecular weight excluding hydrogens is 370 g/mol. The van der Waals surface area contributed by atoms with Crippen LogP contribution in [0.1, 0.15) is 61.8 Å². The number of hydrogen-bond acceptors (Lipinski definition) is 5. The molecule has 0 bridgehead atoms. The normalized spacial score (nSPS) is 22.5. The first-order chi connectivity index (χ1) is 14.8. The summed E-state index contributed by atoms with van der Waals surface area (Å²) in [5.41, 5.74) is 4.13. The predicted molar refractivity (Wildman–Crippen MR) is 123 cm³/mol. The number of rotatable bonds is 5. The molecule has 3 heterocycles. The van der Waals surface area contributed by atoms with Gasteiger partial charge in [0.1, 0.15) is 5.82 Å². The fourth-order valence-electron chi connectivity index (χ4n) is 5.30. The van der Waals surface area contributed by atoms with E-state index in [2.05, 4.69) is 45.4 Å². The Morgan fingerprint density at radius 2 is 1.67 bits per heavy atom. The number of nitrogens with zero attached hydrogens (tertiary/aromatic N) is 4. The molecule has 2 fully saturated rings. The second-order valence-electron chi connectivity index (χ2n) is 9.26. The highest BCUT2D eigenvalue weighted by Crippen LogP contribution is 2.31. The van der Waals surface area contributed by atoms with Crippen molar-refractivity contribution in [3.63, 3.8) is 0 Å². The van der Waals surface area contributed by atoms with Gasteiger partial charge in [0, 0.05) is 44.3 Å². The van der Waals surface area contributed by atoms with E-state index in [1.807, 2.05) is 0 Å². The van der Waals surface area contributed by atoms with E-state index >= 15 is 0 Å². The molecule has 2 aromatic rings. The van der Waals surface area contributed by atoms with Crippen LogP contribution < -0.4 is 10.2 Å². The van der Waals surface area contributed by atoms with Crippen molar-refractivity contribution in [2.75, 3.05) is 36.4 Å². The summed E-state index contributed by atoms with van der Waals surface area (Å²) in [5, 5.41) is 3.71. The summed E-state index contributed by atoms with van der Waals surface area (Å²) in [6.45, 7) is 5.53. The number of benzene rings is 1. The van der Waals surface area contributed by atoms with Crippen molar-refractivity contribution < 1.29 is 0 Å². The zero-order valence-electron chi connectivity index (χ0n) is 18.2. The quantitative estimate of drug-likeness (QED) is 0.798. The molecule has 5 nitrogen and oxygen atoms in total. The minimum absolute atomic E-state index is 0.437. The standard InChI is InChI=1S/C25H35N5/c1-2-9-16-30(15-8-1)24-22-12-6-7-13-23(22)27-25(28-24)26-21-14-17-29(19-21)18-20-10-4-3-5-11-20/h3-5,10-11,21H,1-2,6-9,12-19H2,(H,26,27,28)/t21-/m0/s1. The number of fused-ring (bicyclic) bond motifs is 1. The van der Waals surface area contributed by atoms with Gasteiger partial charge in [0.15, 0.2) is 0 Å². The zero-order chi connectivity index (χ0) is 20.2. The molecule has 160 valence electrons. The molecule has 5 rings (SSSR count). The summed E-state index contributed by atoms with van der Waals surface area (Å²) in [7, 11) is 0. The van der Waals surface area contributed by atoms with Crippen molar-refractivity contribution in [3.8, 4) is 0 Å². The van der Waals surface area contributed by atoms with Crippen molar-refractivity contribution in [3.05, 3.63) is 47.2 Å². The summed E-state index contributed by atoms with van der Waals surface area (Å²) in [6.07, 6.45) is 11.2. The molecule has 0 unspecified atom stereocenters. The first-order valence-corrected chi connectivity index (χ1v) is 12.0. The van der Waals surface area contributed by atoms with Crippen LogP contribution >= 0.6 is 0 Å². The predicted octanol–water partition coefficient (Wildman–Crippen LogP) is 4.42. The second-order valence-corrected chi connectivity index (χ2v) is 9.26. The lowest BCUT2D eigenvalue weighted by molar-refractivity contribution is 0.328. The van der Waals surface area contributed by atoms with Gasteiger partial charge < -0.3 is 10.2 Å². The molecule has 3 aliphatic rings. The van der Waals surface area contributed by atoms with Crippen LogP contribution in [0.15, 0.2) is 30.3 Å². The molecule has 0 saturated carbocycles. The summed E-state index contributed by atoms with van der Waals surface area (Å²) in [5.74, 6) is 2.10. The third-order valence-corrected chi connectivity index (χ3v) is 6.92. The Morgan fingerprint density at radius 1 is 0.867 bits per heavy atom. The van der Waals surface area contributed by atoms with Crippen LogP contribution in [-0.4, -0.2) is 47.1 Å². The molecule has 1 aromatic carbocycles. The molecule has 1 atom stereocenters. The van der Waals surface area contributed by atoms with E-state index in [1.54, 1.807) is 0 Å². The first kappa shape index (κ1) is 19.8. The van der Waals surface area contributed by atoms with E-state index in [0.29, 0.717) is 6.04 Å². The summed E-state index contributed by atoms with van der Waals surface area (Å²) in [4.78, 5) is 15.2. The lowest BCUT2D eigenvalue weighted by Gasteiger charge is -2.28. The van der Waals surface area contributed by atoms with Gasteiger partial charge in [-0.2, -0.15) is 4.98 Å². The fourth-order valence-corrected chi connectivity index (χ4v) is 5.30. The Hall–Kier alpha value is -2.14.